The van der Waals surface area contributed by atoms with Gasteiger partial charge in [0, 0.05) is 42.1 Å². The van der Waals surface area contributed by atoms with Crippen molar-refractivity contribution in [2.45, 2.75) is 13.0 Å². The van der Waals surface area contributed by atoms with Crippen LogP contribution in [0, 0.1) is 0 Å². The molecule has 3 aromatic rings. The van der Waals surface area contributed by atoms with E-state index in [1.54, 1.807) is 56.0 Å². The van der Waals surface area contributed by atoms with Crippen molar-refractivity contribution in [2.24, 2.45) is 0 Å². The van der Waals surface area contributed by atoms with E-state index in [2.05, 4.69) is 20.4 Å². The maximum atomic E-state index is 12.4. The topological polar surface area (TPSA) is 89.8 Å². The van der Waals surface area contributed by atoms with Gasteiger partial charge in [0.25, 0.3) is 5.56 Å². The average Bonchev–Trinajstić information content (AvgIpc) is 2.63. The third-order valence-electron chi connectivity index (χ3n) is 3.48. The lowest BCUT2D eigenvalue weighted by molar-refractivity contribution is -0.119. The Labute approximate surface area is 138 Å². The average molecular weight is 321 g/mol. The molecule has 0 aliphatic carbocycles. The molecule has 3 heterocycles. The summed E-state index contributed by atoms with van der Waals surface area (Å²) in [5.74, 6) is -0.334. The Morgan fingerprint density at radius 1 is 1.08 bits per heavy atom. The van der Waals surface area contributed by atoms with Crippen molar-refractivity contribution in [1.82, 2.24) is 19.7 Å². The molecule has 7 nitrogen and oxygen atoms in total. The number of amides is 1. The molecule has 0 bridgehead atoms. The van der Waals surface area contributed by atoms with Gasteiger partial charge < -0.3 is 5.32 Å². The monoisotopic (exact) mass is 321 g/mol. The van der Waals surface area contributed by atoms with Gasteiger partial charge in [-0.1, -0.05) is 0 Å². The lowest BCUT2D eigenvalue weighted by Gasteiger charge is -2.14. The summed E-state index contributed by atoms with van der Waals surface area (Å²) >= 11 is 0. The zero-order valence-corrected chi connectivity index (χ0v) is 13.0. The molecular formula is C17H15N5O2. The highest BCUT2D eigenvalue weighted by Gasteiger charge is 2.18. The Hall–Kier alpha value is -3.35. The fourth-order valence-corrected chi connectivity index (χ4v) is 2.16. The van der Waals surface area contributed by atoms with E-state index >= 15 is 0 Å². The van der Waals surface area contributed by atoms with Gasteiger partial charge in [0.2, 0.25) is 5.91 Å². The van der Waals surface area contributed by atoms with Crippen LogP contribution in [0.25, 0.3) is 11.3 Å². The van der Waals surface area contributed by atoms with Crippen molar-refractivity contribution in [1.29, 1.82) is 0 Å². The Morgan fingerprint density at radius 3 is 2.58 bits per heavy atom. The van der Waals surface area contributed by atoms with Crippen LogP contribution in [0.4, 0.5) is 5.69 Å². The van der Waals surface area contributed by atoms with E-state index in [0.717, 1.165) is 5.56 Å². The largest absolute Gasteiger partial charge is 0.324 e. The van der Waals surface area contributed by atoms with Gasteiger partial charge in [-0.15, -0.1) is 0 Å². The Kier molecular flexibility index (Phi) is 4.42. The van der Waals surface area contributed by atoms with Gasteiger partial charge in [0.05, 0.1) is 5.69 Å². The summed E-state index contributed by atoms with van der Waals surface area (Å²) in [6.45, 7) is 1.62. The lowest BCUT2D eigenvalue weighted by Crippen LogP contribution is -2.33. The number of carbonyl (C=O) groups is 1. The Morgan fingerprint density at radius 2 is 1.88 bits per heavy atom. The van der Waals surface area contributed by atoms with Crippen LogP contribution in [0.2, 0.25) is 0 Å². The summed E-state index contributed by atoms with van der Waals surface area (Å²) in [5, 5.41) is 7.03. The lowest BCUT2D eigenvalue weighted by atomic mass is 10.2. The molecule has 3 rings (SSSR count). The van der Waals surface area contributed by atoms with Crippen molar-refractivity contribution in [3.05, 3.63) is 71.5 Å². The molecule has 7 heteroatoms. The molecule has 0 saturated heterocycles. The first-order chi connectivity index (χ1) is 11.6. The SMILES string of the molecule is CC(C(=O)Nc1ccncc1)n1nc(-c2cccnc2)ccc1=O. The molecule has 0 radical (unpaired) electrons. The van der Waals surface area contributed by atoms with E-state index in [1.807, 2.05) is 6.07 Å². The molecular weight excluding hydrogens is 306 g/mol. The van der Waals surface area contributed by atoms with Gasteiger partial charge in [-0.3, -0.25) is 19.6 Å². The van der Waals surface area contributed by atoms with Gasteiger partial charge in [0.1, 0.15) is 6.04 Å². The predicted molar refractivity (Wildman–Crippen MR) is 89.3 cm³/mol. The summed E-state index contributed by atoms with van der Waals surface area (Å²) in [4.78, 5) is 32.4. The van der Waals surface area contributed by atoms with Crippen molar-refractivity contribution < 1.29 is 4.79 Å². The van der Waals surface area contributed by atoms with Crippen LogP contribution in [0.1, 0.15) is 13.0 Å². The zero-order valence-electron chi connectivity index (χ0n) is 13.0. The maximum absolute atomic E-state index is 12.4. The van der Waals surface area contributed by atoms with E-state index in [1.165, 1.54) is 10.7 Å². The standard InChI is InChI=1S/C17H15N5O2/c1-12(17(24)20-14-6-9-18-10-7-14)22-16(23)5-4-15(21-22)13-3-2-8-19-11-13/h2-12H,1H3,(H,18,20,24). The van der Waals surface area contributed by atoms with Crippen LogP contribution in [-0.2, 0) is 4.79 Å². The number of carbonyl (C=O) groups excluding carboxylic acids is 1. The third-order valence-corrected chi connectivity index (χ3v) is 3.48. The molecule has 24 heavy (non-hydrogen) atoms. The smallest absolute Gasteiger partial charge is 0.267 e. The minimum absolute atomic E-state index is 0.334. The molecule has 120 valence electrons. The second-order valence-corrected chi connectivity index (χ2v) is 5.14. The molecule has 1 amide bonds. The Bertz CT molecular complexity index is 894. The molecule has 0 fully saturated rings. The minimum Gasteiger partial charge on any atom is -0.324 e. The first-order valence-electron chi connectivity index (χ1n) is 7.36. The molecule has 1 N–H and O–H groups in total. The van der Waals surface area contributed by atoms with Crippen LogP contribution in [0.15, 0.2) is 66.0 Å². The van der Waals surface area contributed by atoms with Gasteiger partial charge in [-0.25, -0.2) is 4.68 Å². The number of hydrogen-bond acceptors (Lipinski definition) is 5. The summed E-state index contributed by atoms with van der Waals surface area (Å²) in [7, 11) is 0. The molecule has 0 spiro atoms. The summed E-state index contributed by atoms with van der Waals surface area (Å²) in [6.07, 6.45) is 6.46. The fraction of sp³-hybridized carbons (Fsp3) is 0.118. The normalized spacial score (nSPS) is 11.7. The van der Waals surface area contributed by atoms with Crippen molar-refractivity contribution in [3.8, 4) is 11.3 Å². The third kappa shape index (κ3) is 3.35. The summed E-state index contributed by atoms with van der Waals surface area (Å²) in [5.41, 5.74) is 1.61. The van der Waals surface area contributed by atoms with Gasteiger partial charge >= 0.3 is 0 Å². The highest BCUT2D eigenvalue weighted by molar-refractivity contribution is 5.93. The van der Waals surface area contributed by atoms with Crippen LogP contribution in [-0.4, -0.2) is 25.7 Å². The number of anilines is 1. The molecule has 1 unspecified atom stereocenters. The van der Waals surface area contributed by atoms with Crippen molar-refractivity contribution in [3.63, 3.8) is 0 Å². The molecule has 0 aromatic carbocycles. The maximum Gasteiger partial charge on any atom is 0.267 e. The van der Waals surface area contributed by atoms with E-state index in [0.29, 0.717) is 11.4 Å². The van der Waals surface area contributed by atoms with Crippen molar-refractivity contribution in [2.75, 3.05) is 5.32 Å². The van der Waals surface area contributed by atoms with E-state index in [9.17, 15) is 9.59 Å². The number of pyridine rings is 2. The first-order valence-corrected chi connectivity index (χ1v) is 7.36. The number of aromatic nitrogens is 4. The van der Waals surface area contributed by atoms with Crippen LogP contribution in [0.3, 0.4) is 0 Å². The number of nitrogens with one attached hydrogen (secondary N) is 1. The molecule has 1 atom stereocenters. The van der Waals surface area contributed by atoms with E-state index in [-0.39, 0.29) is 11.5 Å². The van der Waals surface area contributed by atoms with Gasteiger partial charge in [-0.2, -0.15) is 5.10 Å². The summed E-state index contributed by atoms with van der Waals surface area (Å²) in [6, 6.07) is 9.22. The second kappa shape index (κ2) is 6.82. The second-order valence-electron chi connectivity index (χ2n) is 5.14. The van der Waals surface area contributed by atoms with Gasteiger partial charge in [0.15, 0.2) is 0 Å². The van der Waals surface area contributed by atoms with Crippen LogP contribution >= 0.6 is 0 Å². The predicted octanol–water partition coefficient (Wildman–Crippen LogP) is 1.90. The Balaban J connectivity index is 1.88. The number of rotatable bonds is 4. The molecule has 0 aliphatic heterocycles. The van der Waals surface area contributed by atoms with Crippen LogP contribution in [0.5, 0.6) is 0 Å². The number of hydrogen-bond donors (Lipinski definition) is 1. The molecule has 0 aliphatic rings. The van der Waals surface area contributed by atoms with E-state index < -0.39 is 6.04 Å². The summed E-state index contributed by atoms with van der Waals surface area (Å²) < 4.78 is 1.17. The fourth-order valence-electron chi connectivity index (χ4n) is 2.16. The minimum atomic E-state index is -0.762. The van der Waals surface area contributed by atoms with Gasteiger partial charge in [-0.05, 0) is 37.3 Å². The first kappa shape index (κ1) is 15.5. The molecule has 0 saturated carbocycles. The van der Waals surface area contributed by atoms with E-state index in [4.69, 9.17) is 0 Å². The van der Waals surface area contributed by atoms with Crippen molar-refractivity contribution >= 4 is 11.6 Å². The highest BCUT2D eigenvalue weighted by atomic mass is 16.2. The quantitative estimate of drug-likeness (QED) is 0.792. The van der Waals surface area contributed by atoms with Crippen LogP contribution < -0.4 is 10.9 Å². The molecule has 3 aromatic heterocycles. The highest BCUT2D eigenvalue weighted by Crippen LogP contribution is 2.15. The zero-order chi connectivity index (χ0) is 16.9. The number of nitrogens with zero attached hydrogens (tertiary/aromatic N) is 4.